The van der Waals surface area contributed by atoms with E-state index in [4.69, 9.17) is 33.0 Å². The van der Waals surface area contributed by atoms with Crippen LogP contribution < -0.4 is 5.32 Å². The topological polar surface area (TPSA) is 61.7 Å². The molecule has 20 heavy (non-hydrogen) atoms. The van der Waals surface area contributed by atoms with Gasteiger partial charge >= 0.3 is 0 Å². The van der Waals surface area contributed by atoms with Crippen LogP contribution in [0.25, 0.3) is 0 Å². The normalized spacial score (nSPS) is 24.6. The molecular formula is C13H18Cl3NO3. The van der Waals surface area contributed by atoms with Gasteiger partial charge in [-0.25, -0.2) is 0 Å². The van der Waals surface area contributed by atoms with Gasteiger partial charge in [0.25, 0.3) is 0 Å². The zero-order valence-corrected chi connectivity index (χ0v) is 13.1. The summed E-state index contributed by atoms with van der Waals surface area (Å²) >= 11 is 11.9. The quantitative estimate of drug-likeness (QED) is 0.784. The molecule has 0 radical (unpaired) electrons. The molecule has 1 aromatic carbocycles. The van der Waals surface area contributed by atoms with E-state index in [1.54, 1.807) is 12.1 Å². The van der Waals surface area contributed by atoms with E-state index in [1.165, 1.54) is 0 Å². The number of halogens is 3. The smallest absolute Gasteiger partial charge is 0.104 e. The lowest BCUT2D eigenvalue weighted by Gasteiger charge is -2.28. The number of rotatable bonds is 3. The van der Waals surface area contributed by atoms with Crippen LogP contribution in [0.1, 0.15) is 11.5 Å². The van der Waals surface area contributed by atoms with Crippen molar-refractivity contribution in [2.24, 2.45) is 0 Å². The third-order valence-electron chi connectivity index (χ3n) is 3.29. The van der Waals surface area contributed by atoms with Crippen LogP contribution >= 0.6 is 35.6 Å². The number of hydrogen-bond donors (Lipinski definition) is 3. The van der Waals surface area contributed by atoms with Crippen LogP contribution in [0, 0.1) is 0 Å². The summed E-state index contributed by atoms with van der Waals surface area (Å²) in [6, 6.07) is 5.38. The molecule has 0 spiro atoms. The van der Waals surface area contributed by atoms with E-state index in [-0.39, 0.29) is 24.9 Å². The van der Waals surface area contributed by atoms with Gasteiger partial charge in [0.2, 0.25) is 0 Å². The molecule has 0 aliphatic carbocycles. The van der Waals surface area contributed by atoms with E-state index < -0.39 is 12.2 Å². The largest absolute Gasteiger partial charge is 0.394 e. The monoisotopic (exact) mass is 341 g/mol. The van der Waals surface area contributed by atoms with Crippen molar-refractivity contribution in [3.05, 3.63) is 33.8 Å². The van der Waals surface area contributed by atoms with Crippen LogP contribution in [0.5, 0.6) is 0 Å². The van der Waals surface area contributed by atoms with Crippen LogP contribution in [-0.2, 0) is 4.74 Å². The summed E-state index contributed by atoms with van der Waals surface area (Å²) in [5, 5.41) is 23.3. The number of aliphatic hydroxyl groups is 2. The molecule has 0 aromatic heterocycles. The zero-order chi connectivity index (χ0) is 13.8. The predicted molar refractivity (Wildman–Crippen MR) is 82.2 cm³/mol. The zero-order valence-electron chi connectivity index (χ0n) is 10.8. The molecule has 3 N–H and O–H groups in total. The minimum atomic E-state index is -0.917. The Balaban J connectivity index is 0.00000200. The molecule has 1 aromatic rings. The van der Waals surface area contributed by atoms with Gasteiger partial charge in [-0.1, -0.05) is 29.3 Å². The molecule has 0 amide bonds. The summed E-state index contributed by atoms with van der Waals surface area (Å²) in [5.74, 6) is -0.0839. The Kier molecular flexibility index (Phi) is 7.54. The van der Waals surface area contributed by atoms with E-state index in [0.29, 0.717) is 29.7 Å². The predicted octanol–water partition coefficient (Wildman–Crippen LogP) is 1.84. The molecular weight excluding hydrogens is 325 g/mol. The third kappa shape index (κ3) is 4.21. The first kappa shape index (κ1) is 18.0. The lowest BCUT2D eigenvalue weighted by molar-refractivity contribution is -0.0609. The number of benzene rings is 1. The standard InChI is InChI=1S/C13H17Cl2NO3.ClH/c14-10-2-1-8(5-11(10)15)9-6-16-3-4-19-13(9)12(18)7-17;/h1-2,5,9,12-13,16-18H,3-4,6-7H2;1H/t9-,12+,13-;/m0./s1. The summed E-state index contributed by atoms with van der Waals surface area (Å²) in [6.45, 7) is 1.54. The molecule has 1 aliphatic heterocycles. The molecule has 1 heterocycles. The Morgan fingerprint density at radius 1 is 1.35 bits per heavy atom. The molecule has 0 unspecified atom stereocenters. The van der Waals surface area contributed by atoms with Crippen molar-refractivity contribution < 1.29 is 14.9 Å². The van der Waals surface area contributed by atoms with Crippen molar-refractivity contribution in [3.63, 3.8) is 0 Å². The van der Waals surface area contributed by atoms with Gasteiger partial charge in [-0.2, -0.15) is 0 Å². The van der Waals surface area contributed by atoms with E-state index >= 15 is 0 Å². The second kappa shape index (κ2) is 8.39. The van der Waals surface area contributed by atoms with E-state index in [1.807, 2.05) is 6.07 Å². The van der Waals surface area contributed by atoms with Crippen molar-refractivity contribution >= 4 is 35.6 Å². The number of nitrogens with one attached hydrogen (secondary N) is 1. The lowest BCUT2D eigenvalue weighted by atomic mass is 9.90. The van der Waals surface area contributed by atoms with Gasteiger partial charge in [0.1, 0.15) is 6.10 Å². The Bertz CT molecular complexity index is 433. The molecule has 114 valence electrons. The average molecular weight is 343 g/mol. The Morgan fingerprint density at radius 2 is 2.10 bits per heavy atom. The van der Waals surface area contributed by atoms with E-state index in [0.717, 1.165) is 5.56 Å². The Morgan fingerprint density at radius 3 is 2.75 bits per heavy atom. The Labute approximate surface area is 134 Å². The second-order valence-corrected chi connectivity index (χ2v) is 5.38. The van der Waals surface area contributed by atoms with E-state index in [9.17, 15) is 5.11 Å². The number of hydrogen-bond acceptors (Lipinski definition) is 4. The molecule has 4 nitrogen and oxygen atoms in total. The third-order valence-corrected chi connectivity index (χ3v) is 4.03. The molecule has 0 bridgehead atoms. The Hall–Kier alpha value is -0.0700. The van der Waals surface area contributed by atoms with Crippen molar-refractivity contribution in [2.45, 2.75) is 18.1 Å². The van der Waals surface area contributed by atoms with Gasteiger partial charge in [0.05, 0.1) is 29.4 Å². The van der Waals surface area contributed by atoms with Gasteiger partial charge in [-0.3, -0.25) is 0 Å². The van der Waals surface area contributed by atoms with Crippen molar-refractivity contribution in [1.82, 2.24) is 5.32 Å². The fraction of sp³-hybridized carbons (Fsp3) is 0.538. The highest BCUT2D eigenvalue weighted by molar-refractivity contribution is 6.42. The summed E-state index contributed by atoms with van der Waals surface area (Å²) in [4.78, 5) is 0. The molecule has 1 aliphatic rings. The average Bonchev–Trinajstić information content (AvgIpc) is 2.66. The molecule has 1 fully saturated rings. The lowest BCUT2D eigenvalue weighted by Crippen LogP contribution is -2.38. The van der Waals surface area contributed by atoms with Gasteiger partial charge in [-0.15, -0.1) is 12.4 Å². The number of aliphatic hydroxyl groups excluding tert-OH is 2. The van der Waals surface area contributed by atoms with Crippen molar-refractivity contribution in [2.75, 3.05) is 26.3 Å². The van der Waals surface area contributed by atoms with E-state index in [2.05, 4.69) is 5.32 Å². The SMILES string of the molecule is Cl.OC[C@@H](O)[C@H]1OCCNC[C@H]1c1ccc(Cl)c(Cl)c1. The van der Waals surface area contributed by atoms with Crippen LogP contribution in [0.2, 0.25) is 10.0 Å². The maximum Gasteiger partial charge on any atom is 0.104 e. The number of ether oxygens (including phenoxy) is 1. The second-order valence-electron chi connectivity index (χ2n) is 4.57. The van der Waals surface area contributed by atoms with Crippen LogP contribution in [0.3, 0.4) is 0 Å². The maximum atomic E-state index is 9.90. The summed E-state index contributed by atoms with van der Waals surface area (Å²) in [5.41, 5.74) is 0.932. The highest BCUT2D eigenvalue weighted by Gasteiger charge is 2.31. The fourth-order valence-corrected chi connectivity index (χ4v) is 2.60. The van der Waals surface area contributed by atoms with Crippen LogP contribution in [-0.4, -0.2) is 48.7 Å². The molecule has 2 rings (SSSR count). The summed E-state index contributed by atoms with van der Waals surface area (Å²) < 4.78 is 5.64. The highest BCUT2D eigenvalue weighted by Crippen LogP contribution is 2.30. The summed E-state index contributed by atoms with van der Waals surface area (Å²) in [7, 11) is 0. The van der Waals surface area contributed by atoms with Crippen LogP contribution in [0.4, 0.5) is 0 Å². The molecule has 7 heteroatoms. The van der Waals surface area contributed by atoms with Gasteiger partial charge in [-0.05, 0) is 17.7 Å². The van der Waals surface area contributed by atoms with Crippen molar-refractivity contribution in [1.29, 1.82) is 0 Å². The van der Waals surface area contributed by atoms with Crippen LogP contribution in [0.15, 0.2) is 18.2 Å². The summed E-state index contributed by atoms with van der Waals surface area (Å²) in [6.07, 6.45) is -1.38. The molecule has 3 atom stereocenters. The first-order valence-electron chi connectivity index (χ1n) is 6.19. The molecule has 0 saturated carbocycles. The van der Waals surface area contributed by atoms with Crippen molar-refractivity contribution in [3.8, 4) is 0 Å². The van der Waals surface area contributed by atoms with Gasteiger partial charge < -0.3 is 20.3 Å². The first-order valence-corrected chi connectivity index (χ1v) is 6.95. The molecule has 1 saturated heterocycles. The highest BCUT2D eigenvalue weighted by atomic mass is 35.5. The van der Waals surface area contributed by atoms with Gasteiger partial charge in [0.15, 0.2) is 0 Å². The van der Waals surface area contributed by atoms with Gasteiger partial charge in [0, 0.05) is 19.0 Å². The first-order chi connectivity index (χ1) is 9.13. The minimum absolute atomic E-state index is 0. The fourth-order valence-electron chi connectivity index (χ4n) is 2.29. The minimum Gasteiger partial charge on any atom is -0.394 e. The maximum absolute atomic E-state index is 9.90.